The summed E-state index contributed by atoms with van der Waals surface area (Å²) in [4.78, 5) is 0. The molecule has 1 rings (SSSR count). The average molecular weight is 299 g/mol. The van der Waals surface area contributed by atoms with Gasteiger partial charge in [0.2, 0.25) is 0 Å². The van der Waals surface area contributed by atoms with E-state index in [0.29, 0.717) is 0 Å². The van der Waals surface area contributed by atoms with Crippen LogP contribution in [-0.4, -0.2) is 7.11 Å². The van der Waals surface area contributed by atoms with Crippen LogP contribution in [0, 0.1) is 0 Å². The molecule has 1 aromatic carbocycles. The summed E-state index contributed by atoms with van der Waals surface area (Å²) in [5, 5.41) is 0. The lowest BCUT2D eigenvalue weighted by Crippen LogP contribution is -2.28. The minimum absolute atomic E-state index is 0.109. The summed E-state index contributed by atoms with van der Waals surface area (Å²) in [5.74, 6) is 6.45. The van der Waals surface area contributed by atoms with Crippen molar-refractivity contribution < 1.29 is 4.74 Å². The molecule has 0 spiro atoms. The van der Waals surface area contributed by atoms with E-state index >= 15 is 0 Å². The Morgan fingerprint density at radius 2 is 2.35 bits per heavy atom. The van der Waals surface area contributed by atoms with Crippen LogP contribution in [0.15, 0.2) is 35.3 Å². The van der Waals surface area contributed by atoms with E-state index in [0.717, 1.165) is 35.0 Å². The van der Waals surface area contributed by atoms with Crippen LogP contribution in [0.25, 0.3) is 0 Å². The number of nitrogens with two attached hydrogens (primary N) is 1. The highest BCUT2D eigenvalue weighted by molar-refractivity contribution is 9.10. The molecule has 4 heteroatoms. The van der Waals surface area contributed by atoms with E-state index in [1.165, 1.54) is 0 Å². The molecule has 1 aromatic rings. The van der Waals surface area contributed by atoms with E-state index in [1.54, 1.807) is 7.11 Å². The largest absolute Gasteiger partial charge is 0.496 e. The van der Waals surface area contributed by atoms with Crippen molar-refractivity contribution >= 4 is 15.9 Å². The normalized spacial score (nSPS) is 12.2. The van der Waals surface area contributed by atoms with E-state index in [2.05, 4.69) is 27.9 Å². The van der Waals surface area contributed by atoms with Crippen molar-refractivity contribution in [3.63, 3.8) is 0 Å². The van der Waals surface area contributed by atoms with E-state index in [-0.39, 0.29) is 6.04 Å². The minimum atomic E-state index is 0.109. The number of hydrogen-bond donors (Lipinski definition) is 2. The number of nitrogens with one attached hydrogen (secondary N) is 1. The van der Waals surface area contributed by atoms with Gasteiger partial charge in [0.15, 0.2) is 0 Å². The maximum Gasteiger partial charge on any atom is 0.124 e. The summed E-state index contributed by atoms with van der Waals surface area (Å²) in [6.07, 6.45) is 4.93. The van der Waals surface area contributed by atoms with Crippen molar-refractivity contribution in [3.05, 3.63) is 40.9 Å². The van der Waals surface area contributed by atoms with Crippen molar-refractivity contribution in [1.29, 1.82) is 0 Å². The minimum Gasteiger partial charge on any atom is -0.496 e. The maximum absolute atomic E-state index is 5.61. The highest BCUT2D eigenvalue weighted by atomic mass is 79.9. The van der Waals surface area contributed by atoms with Gasteiger partial charge in [0, 0.05) is 16.1 Å². The molecule has 0 aliphatic rings. The van der Waals surface area contributed by atoms with Crippen LogP contribution in [0.5, 0.6) is 5.75 Å². The number of hydrazine groups is 1. The summed E-state index contributed by atoms with van der Waals surface area (Å²) in [6.45, 7) is 3.72. The van der Waals surface area contributed by atoms with Crippen LogP contribution < -0.4 is 16.0 Å². The van der Waals surface area contributed by atoms with Gasteiger partial charge in [-0.1, -0.05) is 28.1 Å². The lowest BCUT2D eigenvalue weighted by molar-refractivity contribution is 0.394. The van der Waals surface area contributed by atoms with Gasteiger partial charge in [0.1, 0.15) is 5.75 Å². The molecule has 1 atom stereocenters. The SMILES string of the molecule is C=CCCCC(NN)c1ccc(Br)cc1OC. The Morgan fingerprint density at radius 1 is 1.59 bits per heavy atom. The lowest BCUT2D eigenvalue weighted by Gasteiger charge is -2.19. The molecule has 0 aliphatic carbocycles. The molecule has 0 fully saturated rings. The van der Waals surface area contributed by atoms with E-state index in [9.17, 15) is 0 Å². The van der Waals surface area contributed by atoms with E-state index in [1.807, 2.05) is 24.3 Å². The number of unbranched alkanes of at least 4 members (excludes halogenated alkanes) is 1. The topological polar surface area (TPSA) is 47.3 Å². The third-order valence-electron chi connectivity index (χ3n) is 2.67. The number of allylic oxidation sites excluding steroid dienone is 1. The monoisotopic (exact) mass is 298 g/mol. The van der Waals surface area contributed by atoms with Gasteiger partial charge in [-0.15, -0.1) is 6.58 Å². The van der Waals surface area contributed by atoms with Gasteiger partial charge < -0.3 is 4.74 Å². The van der Waals surface area contributed by atoms with Gasteiger partial charge >= 0.3 is 0 Å². The van der Waals surface area contributed by atoms with Crippen LogP contribution in [0.1, 0.15) is 30.9 Å². The van der Waals surface area contributed by atoms with Gasteiger partial charge in [-0.2, -0.15) is 0 Å². The van der Waals surface area contributed by atoms with Gasteiger partial charge in [0.25, 0.3) is 0 Å². The fourth-order valence-corrected chi connectivity index (χ4v) is 2.11. The first-order valence-corrected chi connectivity index (χ1v) is 6.42. The summed E-state index contributed by atoms with van der Waals surface area (Å²) >= 11 is 3.43. The zero-order chi connectivity index (χ0) is 12.7. The molecule has 0 radical (unpaired) electrons. The molecule has 3 N–H and O–H groups in total. The van der Waals surface area contributed by atoms with Gasteiger partial charge in [0.05, 0.1) is 7.11 Å². The number of methoxy groups -OCH3 is 1. The first kappa shape index (κ1) is 14.2. The summed E-state index contributed by atoms with van der Waals surface area (Å²) in [5.41, 5.74) is 3.93. The number of rotatable bonds is 7. The molecule has 0 bridgehead atoms. The third-order valence-corrected chi connectivity index (χ3v) is 3.17. The molecule has 17 heavy (non-hydrogen) atoms. The molecule has 0 heterocycles. The second kappa shape index (κ2) is 7.48. The summed E-state index contributed by atoms with van der Waals surface area (Å²) < 4.78 is 6.37. The van der Waals surface area contributed by atoms with Crippen LogP contribution in [0.2, 0.25) is 0 Å². The Hall–Kier alpha value is -0.840. The Morgan fingerprint density at radius 3 is 2.94 bits per heavy atom. The van der Waals surface area contributed by atoms with Gasteiger partial charge in [-0.05, 0) is 31.4 Å². The summed E-state index contributed by atoms with van der Waals surface area (Å²) in [6, 6.07) is 6.09. The van der Waals surface area contributed by atoms with Gasteiger partial charge in [-0.3, -0.25) is 11.3 Å². The van der Waals surface area contributed by atoms with Gasteiger partial charge in [-0.25, -0.2) is 0 Å². The fraction of sp³-hybridized carbons (Fsp3) is 0.385. The Labute approximate surface area is 111 Å². The van der Waals surface area contributed by atoms with Crippen molar-refractivity contribution in [3.8, 4) is 5.75 Å². The standard InChI is InChI=1S/C13H19BrN2O/c1-3-4-5-6-12(16-15)11-8-7-10(14)9-13(11)17-2/h3,7-9,12,16H,1,4-6,15H2,2H3. The Balaban J connectivity index is 2.82. The fourth-order valence-electron chi connectivity index (χ4n) is 1.77. The summed E-state index contributed by atoms with van der Waals surface area (Å²) in [7, 11) is 1.67. The Bertz CT molecular complexity index is 368. The second-order valence-electron chi connectivity index (χ2n) is 3.83. The predicted molar refractivity (Wildman–Crippen MR) is 74.8 cm³/mol. The zero-order valence-corrected chi connectivity index (χ0v) is 11.7. The van der Waals surface area contributed by atoms with Crippen LogP contribution in [0.3, 0.4) is 0 Å². The average Bonchev–Trinajstić information content (AvgIpc) is 2.35. The number of halogens is 1. The first-order chi connectivity index (χ1) is 8.22. The molecule has 0 amide bonds. The number of benzene rings is 1. The number of hydrogen-bond acceptors (Lipinski definition) is 3. The first-order valence-electron chi connectivity index (χ1n) is 5.63. The molecule has 0 saturated carbocycles. The predicted octanol–water partition coefficient (Wildman–Crippen LogP) is 3.32. The molecular formula is C13H19BrN2O. The maximum atomic E-state index is 5.61. The van der Waals surface area contributed by atoms with Crippen LogP contribution >= 0.6 is 15.9 Å². The molecular weight excluding hydrogens is 280 g/mol. The van der Waals surface area contributed by atoms with Crippen LogP contribution in [0.4, 0.5) is 0 Å². The molecule has 1 unspecified atom stereocenters. The molecule has 0 saturated heterocycles. The highest BCUT2D eigenvalue weighted by Crippen LogP contribution is 2.30. The van der Waals surface area contributed by atoms with E-state index in [4.69, 9.17) is 10.6 Å². The zero-order valence-electron chi connectivity index (χ0n) is 10.1. The third kappa shape index (κ3) is 4.15. The Kier molecular flexibility index (Phi) is 6.26. The quantitative estimate of drug-likeness (QED) is 0.351. The second-order valence-corrected chi connectivity index (χ2v) is 4.74. The van der Waals surface area contributed by atoms with E-state index < -0.39 is 0 Å². The molecule has 0 aliphatic heterocycles. The molecule has 3 nitrogen and oxygen atoms in total. The molecule has 0 aromatic heterocycles. The van der Waals surface area contributed by atoms with Crippen molar-refractivity contribution in [2.24, 2.45) is 5.84 Å². The van der Waals surface area contributed by atoms with Crippen LogP contribution in [-0.2, 0) is 0 Å². The van der Waals surface area contributed by atoms with Crippen molar-refractivity contribution in [1.82, 2.24) is 5.43 Å². The smallest absolute Gasteiger partial charge is 0.124 e. The highest BCUT2D eigenvalue weighted by Gasteiger charge is 2.14. The molecule has 94 valence electrons. The van der Waals surface area contributed by atoms with Crippen molar-refractivity contribution in [2.75, 3.05) is 7.11 Å². The lowest BCUT2D eigenvalue weighted by atomic mass is 10.0. The number of ether oxygens (including phenoxy) is 1. The van der Waals surface area contributed by atoms with Crippen molar-refractivity contribution in [2.45, 2.75) is 25.3 Å².